The van der Waals surface area contributed by atoms with Crippen molar-refractivity contribution in [1.29, 1.82) is 0 Å². The highest BCUT2D eigenvalue weighted by Crippen LogP contribution is 2.34. The molecule has 102 valence electrons. The lowest BCUT2D eigenvalue weighted by Gasteiger charge is -2.33. The summed E-state index contributed by atoms with van der Waals surface area (Å²) in [5.74, 6) is -1.30. The van der Waals surface area contributed by atoms with E-state index in [0.29, 0.717) is 12.1 Å². The number of carbonyl (C=O) groups excluding carboxylic acids is 1. The molecule has 18 heavy (non-hydrogen) atoms. The van der Waals surface area contributed by atoms with E-state index in [1.54, 1.807) is 6.92 Å². The van der Waals surface area contributed by atoms with Crippen molar-refractivity contribution in [2.24, 2.45) is 5.41 Å². The largest absolute Gasteiger partial charge is 0.478 e. The first-order valence-corrected chi connectivity index (χ1v) is 6.55. The van der Waals surface area contributed by atoms with Gasteiger partial charge in [-0.3, -0.25) is 4.79 Å². The van der Waals surface area contributed by atoms with E-state index < -0.39 is 5.97 Å². The lowest BCUT2D eigenvalue weighted by molar-refractivity contribution is -0.133. The summed E-state index contributed by atoms with van der Waals surface area (Å²) in [6, 6.07) is 0. The van der Waals surface area contributed by atoms with E-state index in [1.807, 2.05) is 0 Å². The van der Waals surface area contributed by atoms with Crippen molar-refractivity contribution in [3.05, 3.63) is 11.1 Å². The number of hydrogen-bond acceptors (Lipinski definition) is 2. The number of amides is 1. The fourth-order valence-electron chi connectivity index (χ4n) is 2.34. The normalized spacial score (nSPS) is 19.9. The van der Waals surface area contributed by atoms with Crippen LogP contribution in [-0.4, -0.2) is 23.5 Å². The van der Waals surface area contributed by atoms with Gasteiger partial charge in [0.25, 0.3) is 0 Å². The van der Waals surface area contributed by atoms with Crippen LogP contribution in [0.4, 0.5) is 0 Å². The molecule has 0 aromatic carbocycles. The quantitative estimate of drug-likeness (QED) is 0.756. The Kier molecular flexibility index (Phi) is 4.93. The molecule has 0 spiro atoms. The summed E-state index contributed by atoms with van der Waals surface area (Å²) < 4.78 is 0. The molecule has 0 aliphatic heterocycles. The molecule has 0 heterocycles. The van der Waals surface area contributed by atoms with E-state index in [1.165, 1.54) is 26.2 Å². The van der Waals surface area contributed by atoms with Crippen LogP contribution in [0.5, 0.6) is 0 Å². The Morgan fingerprint density at radius 2 is 1.67 bits per heavy atom. The van der Waals surface area contributed by atoms with Gasteiger partial charge in [-0.15, -0.1) is 0 Å². The van der Waals surface area contributed by atoms with Crippen molar-refractivity contribution in [2.75, 3.05) is 6.54 Å². The van der Waals surface area contributed by atoms with Gasteiger partial charge in [0, 0.05) is 17.7 Å². The number of carboxylic acid groups (broad SMARTS) is 1. The number of carboxylic acids is 1. The van der Waals surface area contributed by atoms with Gasteiger partial charge in [-0.1, -0.05) is 26.2 Å². The zero-order valence-corrected chi connectivity index (χ0v) is 11.5. The first kappa shape index (κ1) is 14.7. The maximum absolute atomic E-state index is 11.8. The molecule has 4 nitrogen and oxygen atoms in total. The highest BCUT2D eigenvalue weighted by molar-refractivity contribution is 6.01. The van der Waals surface area contributed by atoms with Crippen LogP contribution in [0.15, 0.2) is 11.1 Å². The zero-order chi connectivity index (χ0) is 13.8. The van der Waals surface area contributed by atoms with E-state index in [0.717, 1.165) is 12.8 Å². The zero-order valence-electron chi connectivity index (χ0n) is 11.5. The van der Waals surface area contributed by atoms with E-state index in [-0.39, 0.29) is 16.9 Å². The number of aliphatic carboxylic acids is 1. The fraction of sp³-hybridized carbons (Fsp3) is 0.714. The number of hydrogen-bond donors (Lipinski definition) is 2. The van der Waals surface area contributed by atoms with Gasteiger partial charge in [-0.2, -0.15) is 0 Å². The monoisotopic (exact) mass is 253 g/mol. The highest BCUT2D eigenvalue weighted by atomic mass is 16.4. The SMILES string of the molecule is CC(C(=O)O)=C(C)C(=O)NCC1(C)CCCCC1. The van der Waals surface area contributed by atoms with Gasteiger partial charge in [0.1, 0.15) is 0 Å². The average molecular weight is 253 g/mol. The molecule has 0 aromatic heterocycles. The number of carbonyl (C=O) groups is 2. The molecule has 0 unspecified atom stereocenters. The second-order valence-corrected chi connectivity index (χ2v) is 5.61. The molecule has 1 saturated carbocycles. The van der Waals surface area contributed by atoms with Crippen molar-refractivity contribution in [3.63, 3.8) is 0 Å². The average Bonchev–Trinajstić information content (AvgIpc) is 2.35. The Morgan fingerprint density at radius 1 is 1.11 bits per heavy atom. The lowest BCUT2D eigenvalue weighted by atomic mass is 9.76. The van der Waals surface area contributed by atoms with Crippen LogP contribution in [0.25, 0.3) is 0 Å². The molecule has 0 atom stereocenters. The van der Waals surface area contributed by atoms with Crippen LogP contribution in [0.3, 0.4) is 0 Å². The summed E-state index contributed by atoms with van der Waals surface area (Å²) in [5, 5.41) is 11.7. The summed E-state index contributed by atoms with van der Waals surface area (Å²) in [7, 11) is 0. The molecular weight excluding hydrogens is 230 g/mol. The number of nitrogens with one attached hydrogen (secondary N) is 1. The topological polar surface area (TPSA) is 66.4 Å². The third kappa shape index (κ3) is 3.86. The Hall–Kier alpha value is -1.32. The van der Waals surface area contributed by atoms with Gasteiger partial charge in [-0.25, -0.2) is 4.79 Å². The minimum Gasteiger partial charge on any atom is -0.478 e. The van der Waals surface area contributed by atoms with Crippen molar-refractivity contribution < 1.29 is 14.7 Å². The van der Waals surface area contributed by atoms with Crippen LogP contribution in [0.1, 0.15) is 52.9 Å². The summed E-state index contributed by atoms with van der Waals surface area (Å²) >= 11 is 0. The van der Waals surface area contributed by atoms with Gasteiger partial charge in [-0.05, 0) is 32.1 Å². The third-order valence-electron chi connectivity index (χ3n) is 3.96. The first-order valence-electron chi connectivity index (χ1n) is 6.55. The van der Waals surface area contributed by atoms with E-state index >= 15 is 0 Å². The maximum atomic E-state index is 11.8. The predicted molar refractivity (Wildman–Crippen MR) is 70.2 cm³/mol. The van der Waals surface area contributed by atoms with Gasteiger partial charge in [0.2, 0.25) is 5.91 Å². The third-order valence-corrected chi connectivity index (χ3v) is 3.96. The Balaban J connectivity index is 2.55. The molecule has 1 amide bonds. The molecule has 1 fully saturated rings. The molecule has 1 rings (SSSR count). The lowest BCUT2D eigenvalue weighted by Crippen LogP contribution is -2.37. The molecule has 4 heteroatoms. The summed E-state index contributed by atoms with van der Waals surface area (Å²) in [6.45, 7) is 5.84. The van der Waals surface area contributed by atoms with Crippen LogP contribution >= 0.6 is 0 Å². The van der Waals surface area contributed by atoms with E-state index in [4.69, 9.17) is 5.11 Å². The van der Waals surface area contributed by atoms with Crippen molar-refractivity contribution in [1.82, 2.24) is 5.32 Å². The summed E-state index contributed by atoms with van der Waals surface area (Å²) in [6.07, 6.45) is 5.98. The van der Waals surface area contributed by atoms with Crippen LogP contribution in [-0.2, 0) is 9.59 Å². The smallest absolute Gasteiger partial charge is 0.331 e. The number of rotatable bonds is 4. The molecule has 0 radical (unpaired) electrons. The predicted octanol–water partition coefficient (Wildman–Crippen LogP) is 2.49. The van der Waals surface area contributed by atoms with Crippen molar-refractivity contribution >= 4 is 11.9 Å². The fourth-order valence-corrected chi connectivity index (χ4v) is 2.34. The molecular formula is C14H23NO3. The Morgan fingerprint density at radius 3 is 2.17 bits per heavy atom. The van der Waals surface area contributed by atoms with Crippen molar-refractivity contribution in [2.45, 2.75) is 52.9 Å². The van der Waals surface area contributed by atoms with Crippen LogP contribution in [0, 0.1) is 5.41 Å². The van der Waals surface area contributed by atoms with E-state index in [9.17, 15) is 9.59 Å². The molecule has 0 aromatic rings. The summed E-state index contributed by atoms with van der Waals surface area (Å²) in [5.41, 5.74) is 0.578. The van der Waals surface area contributed by atoms with Crippen molar-refractivity contribution in [3.8, 4) is 0 Å². The summed E-state index contributed by atoms with van der Waals surface area (Å²) in [4.78, 5) is 22.6. The van der Waals surface area contributed by atoms with Gasteiger partial charge >= 0.3 is 5.97 Å². The molecule has 2 N–H and O–H groups in total. The minimum absolute atomic E-state index is 0.112. The molecule has 1 aliphatic rings. The van der Waals surface area contributed by atoms with E-state index in [2.05, 4.69) is 12.2 Å². The molecule has 0 saturated heterocycles. The Bertz CT molecular complexity index is 365. The van der Waals surface area contributed by atoms with Crippen LogP contribution < -0.4 is 5.32 Å². The Labute approximate surface area is 108 Å². The second-order valence-electron chi connectivity index (χ2n) is 5.61. The highest BCUT2D eigenvalue weighted by Gasteiger charge is 2.27. The first-order chi connectivity index (χ1) is 8.36. The standard InChI is InChI=1S/C14H23NO3/c1-10(11(2)13(17)18)12(16)15-9-14(3)7-5-4-6-8-14/h4-9H2,1-3H3,(H,15,16)(H,17,18). The van der Waals surface area contributed by atoms with Gasteiger partial charge < -0.3 is 10.4 Å². The van der Waals surface area contributed by atoms with Gasteiger partial charge in [0.05, 0.1) is 0 Å². The molecule has 0 bridgehead atoms. The van der Waals surface area contributed by atoms with Gasteiger partial charge in [0.15, 0.2) is 0 Å². The molecule has 1 aliphatic carbocycles. The minimum atomic E-state index is -1.04. The second kappa shape index (κ2) is 6.03. The van der Waals surface area contributed by atoms with Crippen LogP contribution in [0.2, 0.25) is 0 Å². The maximum Gasteiger partial charge on any atom is 0.331 e.